The summed E-state index contributed by atoms with van der Waals surface area (Å²) < 4.78 is 0. The van der Waals surface area contributed by atoms with E-state index in [9.17, 15) is 4.79 Å². The van der Waals surface area contributed by atoms with E-state index in [1.165, 1.54) is 45.1 Å². The van der Waals surface area contributed by atoms with Gasteiger partial charge in [0.25, 0.3) is 0 Å². The minimum atomic E-state index is 0. The Morgan fingerprint density at radius 3 is 2.00 bits per heavy atom. The Morgan fingerprint density at radius 1 is 1.24 bits per heavy atom. The van der Waals surface area contributed by atoms with E-state index in [1.54, 1.807) is 0 Å². The molecule has 0 spiro atoms. The lowest BCUT2D eigenvalue weighted by atomic mass is 9.95. The van der Waals surface area contributed by atoms with Crippen LogP contribution in [0.4, 0.5) is 0 Å². The van der Waals surface area contributed by atoms with Crippen molar-refractivity contribution in [3.05, 3.63) is 0 Å². The molecule has 21 heavy (non-hydrogen) atoms. The molecule has 4 nitrogen and oxygen atoms in total. The number of nitrogens with one attached hydrogen (secondary N) is 1. The Hall–Kier alpha value is -0.740. The van der Waals surface area contributed by atoms with Crippen LogP contribution in [0.5, 0.6) is 0 Å². The number of aldehydes is 1. The fourth-order valence-electron chi connectivity index (χ4n) is 2.14. The van der Waals surface area contributed by atoms with Gasteiger partial charge in [0.2, 0.25) is 0 Å². The first-order valence-corrected chi connectivity index (χ1v) is 7.68. The van der Waals surface area contributed by atoms with Gasteiger partial charge in [-0.2, -0.15) is 0 Å². The summed E-state index contributed by atoms with van der Waals surface area (Å²) in [7, 11) is 1.00. The van der Waals surface area contributed by atoms with E-state index in [1.807, 2.05) is 13.7 Å². The second kappa shape index (κ2) is 27.6. The van der Waals surface area contributed by atoms with Crippen molar-refractivity contribution in [2.45, 2.75) is 79.2 Å². The van der Waals surface area contributed by atoms with Crippen molar-refractivity contribution in [3.63, 3.8) is 0 Å². The zero-order chi connectivity index (χ0) is 16.2. The summed E-state index contributed by atoms with van der Waals surface area (Å²) in [5.41, 5.74) is 0. The molecule has 0 radical (unpaired) electrons. The first-order chi connectivity index (χ1) is 9.78. The minimum Gasteiger partial charge on any atom is -0.400 e. The Balaban J connectivity index is -0.000000137. The minimum absolute atomic E-state index is 0. The highest BCUT2D eigenvalue weighted by atomic mass is 16.2. The number of aliphatic hydroxyl groups excluding tert-OH is 1. The monoisotopic (exact) mass is 305 g/mol. The summed E-state index contributed by atoms with van der Waals surface area (Å²) in [5.74, 6) is 0.979. The number of aliphatic hydroxyl groups is 1. The van der Waals surface area contributed by atoms with Gasteiger partial charge in [0.15, 0.2) is 0 Å². The number of carbonyl (C=O) groups is 2. The Morgan fingerprint density at radius 2 is 1.71 bits per heavy atom. The van der Waals surface area contributed by atoms with Crippen LogP contribution in [-0.4, -0.2) is 37.9 Å². The predicted molar refractivity (Wildman–Crippen MR) is 92.7 cm³/mol. The number of hydrogen-bond donors (Lipinski definition) is 2. The summed E-state index contributed by atoms with van der Waals surface area (Å²) >= 11 is 0. The van der Waals surface area contributed by atoms with Gasteiger partial charge in [-0.3, -0.25) is 0 Å². The fraction of sp³-hybridized carbons (Fsp3) is 0.882. The van der Waals surface area contributed by atoms with Crippen LogP contribution < -0.4 is 5.32 Å². The van der Waals surface area contributed by atoms with Gasteiger partial charge >= 0.3 is 0 Å². The van der Waals surface area contributed by atoms with Gasteiger partial charge in [-0.05, 0) is 38.1 Å². The Labute approximate surface area is 132 Å². The van der Waals surface area contributed by atoms with Crippen molar-refractivity contribution in [2.24, 2.45) is 5.92 Å². The summed E-state index contributed by atoms with van der Waals surface area (Å²) in [6.07, 6.45) is 9.90. The zero-order valence-electron chi connectivity index (χ0n) is 13.9. The summed E-state index contributed by atoms with van der Waals surface area (Å²) in [4.78, 5) is 17.2. The van der Waals surface area contributed by atoms with Crippen LogP contribution in [0.25, 0.3) is 0 Å². The lowest BCUT2D eigenvalue weighted by Crippen LogP contribution is -2.21. The van der Waals surface area contributed by atoms with Crippen molar-refractivity contribution in [1.82, 2.24) is 5.32 Å². The fourth-order valence-corrected chi connectivity index (χ4v) is 2.14. The molecule has 1 aliphatic rings. The molecule has 1 aliphatic heterocycles. The van der Waals surface area contributed by atoms with Gasteiger partial charge in [-0.1, -0.05) is 41.0 Å². The van der Waals surface area contributed by atoms with Gasteiger partial charge in [0.1, 0.15) is 13.1 Å². The molecule has 0 amide bonds. The number of hydrogen-bond acceptors (Lipinski definition) is 4. The average Bonchev–Trinajstić information content (AvgIpc) is 3.06. The zero-order valence-corrected chi connectivity index (χ0v) is 13.9. The number of rotatable bonds is 6. The highest BCUT2D eigenvalue weighted by Crippen LogP contribution is 2.19. The molecular formula is C17H39NO3. The molecule has 4 heteroatoms. The third kappa shape index (κ3) is 21.7. The molecule has 1 rings (SSSR count). The van der Waals surface area contributed by atoms with E-state index in [0.717, 1.165) is 25.4 Å². The maximum Gasteiger partial charge on any atom is 0.119 e. The van der Waals surface area contributed by atoms with Crippen LogP contribution in [0.3, 0.4) is 0 Å². The summed E-state index contributed by atoms with van der Waals surface area (Å²) in [6.45, 7) is 9.70. The first-order valence-electron chi connectivity index (χ1n) is 7.68. The van der Waals surface area contributed by atoms with E-state index >= 15 is 0 Å². The lowest BCUT2D eigenvalue weighted by Gasteiger charge is -2.15. The molecule has 0 aromatic carbocycles. The van der Waals surface area contributed by atoms with Gasteiger partial charge < -0.3 is 20.0 Å². The van der Waals surface area contributed by atoms with E-state index < -0.39 is 0 Å². The van der Waals surface area contributed by atoms with Crippen LogP contribution in [0, 0.1) is 5.92 Å². The molecule has 0 aromatic rings. The van der Waals surface area contributed by atoms with E-state index in [2.05, 4.69) is 19.2 Å². The molecule has 1 atom stereocenters. The van der Waals surface area contributed by atoms with Crippen molar-refractivity contribution >= 4 is 13.1 Å². The highest BCUT2D eigenvalue weighted by molar-refractivity contribution is 5.48. The first kappa shape index (κ1) is 28.4. The molecule has 130 valence electrons. The third-order valence-electron chi connectivity index (χ3n) is 3.41. The van der Waals surface area contributed by atoms with Crippen LogP contribution in [0.15, 0.2) is 0 Å². The Bertz CT molecular complexity index is 165. The summed E-state index contributed by atoms with van der Waals surface area (Å²) in [5, 5.41) is 10.6. The maximum absolute atomic E-state index is 9.17. The van der Waals surface area contributed by atoms with Crippen LogP contribution in [0.2, 0.25) is 0 Å². The second-order valence-electron chi connectivity index (χ2n) is 4.63. The van der Waals surface area contributed by atoms with Crippen molar-refractivity contribution in [2.75, 3.05) is 13.7 Å². The quantitative estimate of drug-likeness (QED) is 0.736. The SMILES string of the molecule is C.C=O.CCC(CC)CCC1CCCN1.CCC=O.CO. The molecule has 1 heterocycles. The predicted octanol–water partition coefficient (Wildman–Crippen LogP) is 3.61. The van der Waals surface area contributed by atoms with Gasteiger partial charge in [0.05, 0.1) is 0 Å². The molecule has 0 bridgehead atoms. The van der Waals surface area contributed by atoms with E-state index in [0.29, 0.717) is 6.42 Å². The highest BCUT2D eigenvalue weighted by Gasteiger charge is 2.14. The van der Waals surface area contributed by atoms with Gasteiger partial charge in [0, 0.05) is 19.6 Å². The van der Waals surface area contributed by atoms with Crippen molar-refractivity contribution in [3.8, 4) is 0 Å². The standard InChI is InChI=1S/C11H23N.C3H6O.CH4O.CH2O.CH4/c1-3-10(4-2)7-8-11-6-5-9-12-11;1-2-3-4;2*1-2;/h10-12H,3-9H2,1-2H3;3H,2H2,1H3;2H,1H3;1H2;1H4. The molecule has 1 fully saturated rings. The number of carbonyl (C=O) groups excluding carboxylic acids is 2. The summed E-state index contributed by atoms with van der Waals surface area (Å²) in [6, 6.07) is 0.852. The Kier molecular flexibility index (Phi) is 37.3. The van der Waals surface area contributed by atoms with Crippen LogP contribution in [0.1, 0.15) is 73.1 Å². The molecule has 0 saturated carbocycles. The largest absolute Gasteiger partial charge is 0.400 e. The second-order valence-corrected chi connectivity index (χ2v) is 4.63. The van der Waals surface area contributed by atoms with E-state index in [4.69, 9.17) is 9.90 Å². The van der Waals surface area contributed by atoms with Crippen LogP contribution in [-0.2, 0) is 9.59 Å². The van der Waals surface area contributed by atoms with Gasteiger partial charge in [-0.25, -0.2) is 0 Å². The topological polar surface area (TPSA) is 66.4 Å². The normalized spacial score (nSPS) is 15.2. The average molecular weight is 306 g/mol. The molecule has 0 aliphatic carbocycles. The van der Waals surface area contributed by atoms with Gasteiger partial charge in [-0.15, -0.1) is 0 Å². The lowest BCUT2D eigenvalue weighted by molar-refractivity contribution is -0.107. The van der Waals surface area contributed by atoms with Crippen molar-refractivity contribution < 1.29 is 14.7 Å². The molecule has 1 unspecified atom stereocenters. The maximum atomic E-state index is 9.17. The molecule has 1 saturated heterocycles. The molecule has 2 N–H and O–H groups in total. The third-order valence-corrected chi connectivity index (χ3v) is 3.41. The smallest absolute Gasteiger partial charge is 0.119 e. The van der Waals surface area contributed by atoms with Crippen LogP contribution >= 0.6 is 0 Å². The molecule has 0 aromatic heterocycles. The van der Waals surface area contributed by atoms with Crippen molar-refractivity contribution in [1.29, 1.82) is 0 Å². The van der Waals surface area contributed by atoms with E-state index in [-0.39, 0.29) is 7.43 Å². The molecular weight excluding hydrogens is 266 g/mol.